The number of aromatic amines is 1. The van der Waals surface area contributed by atoms with Crippen LogP contribution < -0.4 is 10.1 Å². The van der Waals surface area contributed by atoms with E-state index in [9.17, 15) is 5.11 Å². The summed E-state index contributed by atoms with van der Waals surface area (Å²) >= 11 is 5.19. The van der Waals surface area contributed by atoms with E-state index in [1.807, 2.05) is 49.4 Å². The SMILES string of the molecule is COc1ccccc1NC(=S)N=Nc1c(O)[nH]c2c(C)cccc12. The monoisotopic (exact) mass is 340 g/mol. The number of methoxy groups -OCH3 is 1. The van der Waals surface area contributed by atoms with Gasteiger partial charge < -0.3 is 20.1 Å². The largest absolute Gasteiger partial charge is 0.495 e. The number of ether oxygens (including phenoxy) is 1. The number of anilines is 1. The highest BCUT2D eigenvalue weighted by Crippen LogP contribution is 2.36. The Balaban J connectivity index is 1.85. The number of para-hydroxylation sites is 3. The topological polar surface area (TPSA) is 82.0 Å². The number of hydrogen-bond acceptors (Lipinski definition) is 4. The van der Waals surface area contributed by atoms with E-state index in [2.05, 4.69) is 20.5 Å². The van der Waals surface area contributed by atoms with Crippen LogP contribution in [0.5, 0.6) is 11.6 Å². The van der Waals surface area contributed by atoms with Crippen LogP contribution in [0.3, 0.4) is 0 Å². The lowest BCUT2D eigenvalue weighted by atomic mass is 10.1. The van der Waals surface area contributed by atoms with Crippen LogP contribution in [-0.2, 0) is 0 Å². The minimum Gasteiger partial charge on any atom is -0.495 e. The van der Waals surface area contributed by atoms with Crippen molar-refractivity contribution in [2.75, 3.05) is 12.4 Å². The third-order valence-corrected chi connectivity index (χ3v) is 3.77. The zero-order valence-corrected chi connectivity index (χ0v) is 14.0. The van der Waals surface area contributed by atoms with Gasteiger partial charge in [-0.25, -0.2) is 0 Å². The fourth-order valence-electron chi connectivity index (χ4n) is 2.42. The summed E-state index contributed by atoms with van der Waals surface area (Å²) in [7, 11) is 1.58. The predicted octanol–water partition coefficient (Wildman–Crippen LogP) is 4.67. The summed E-state index contributed by atoms with van der Waals surface area (Å²) in [6.07, 6.45) is 0. The highest BCUT2D eigenvalue weighted by molar-refractivity contribution is 7.80. The molecule has 0 saturated heterocycles. The summed E-state index contributed by atoms with van der Waals surface area (Å²) < 4.78 is 5.25. The van der Waals surface area contributed by atoms with Gasteiger partial charge in [0.2, 0.25) is 11.0 Å². The number of rotatable bonds is 3. The molecule has 1 aromatic heterocycles. The smallest absolute Gasteiger partial charge is 0.218 e. The first-order chi connectivity index (χ1) is 11.6. The van der Waals surface area contributed by atoms with E-state index in [4.69, 9.17) is 17.0 Å². The second-order valence-electron chi connectivity index (χ2n) is 5.15. The van der Waals surface area contributed by atoms with Gasteiger partial charge in [-0.05, 0) is 36.8 Å². The zero-order valence-electron chi connectivity index (χ0n) is 13.2. The van der Waals surface area contributed by atoms with Crippen molar-refractivity contribution < 1.29 is 9.84 Å². The lowest BCUT2D eigenvalue weighted by molar-refractivity contribution is 0.417. The fourth-order valence-corrected chi connectivity index (χ4v) is 2.57. The van der Waals surface area contributed by atoms with Gasteiger partial charge in [0.15, 0.2) is 5.69 Å². The molecule has 0 spiro atoms. The Labute approximate surface area is 144 Å². The Morgan fingerprint density at radius 1 is 1.21 bits per heavy atom. The minimum absolute atomic E-state index is 0.0388. The molecule has 24 heavy (non-hydrogen) atoms. The number of fused-ring (bicyclic) bond motifs is 1. The standard InChI is InChI=1S/C17H16N4O2S/c1-10-6-5-7-11-14(10)19-16(22)15(11)20-21-17(24)18-12-8-3-4-9-13(12)23-2/h3-9,19,22H,1-2H3,(H,18,24). The summed E-state index contributed by atoms with van der Waals surface area (Å²) in [4.78, 5) is 2.91. The lowest BCUT2D eigenvalue weighted by Gasteiger charge is -2.08. The molecule has 6 nitrogen and oxygen atoms in total. The van der Waals surface area contributed by atoms with Crippen molar-refractivity contribution in [3.63, 3.8) is 0 Å². The molecule has 3 aromatic rings. The lowest BCUT2D eigenvalue weighted by Crippen LogP contribution is -2.06. The molecule has 0 saturated carbocycles. The molecule has 0 unspecified atom stereocenters. The highest BCUT2D eigenvalue weighted by Gasteiger charge is 2.12. The molecule has 0 aliphatic carbocycles. The number of aryl methyl sites for hydroxylation is 1. The Bertz CT molecular complexity index is 933. The maximum Gasteiger partial charge on any atom is 0.218 e. The number of benzene rings is 2. The molecule has 0 aliphatic heterocycles. The van der Waals surface area contributed by atoms with Crippen molar-refractivity contribution in [3.05, 3.63) is 48.0 Å². The van der Waals surface area contributed by atoms with Gasteiger partial charge in [0.05, 0.1) is 18.3 Å². The summed E-state index contributed by atoms with van der Waals surface area (Å²) in [5.41, 5.74) is 2.90. The van der Waals surface area contributed by atoms with Gasteiger partial charge in [-0.3, -0.25) is 0 Å². The van der Waals surface area contributed by atoms with Crippen LogP contribution in [0.25, 0.3) is 10.9 Å². The summed E-state index contributed by atoms with van der Waals surface area (Å²) in [5, 5.41) is 22.0. The van der Waals surface area contributed by atoms with E-state index >= 15 is 0 Å². The zero-order chi connectivity index (χ0) is 17.1. The number of hydrogen-bond donors (Lipinski definition) is 3. The molecule has 0 atom stereocenters. The van der Waals surface area contributed by atoms with Gasteiger partial charge in [-0.15, -0.1) is 10.2 Å². The summed E-state index contributed by atoms with van der Waals surface area (Å²) in [5.74, 6) is 0.615. The van der Waals surface area contributed by atoms with Crippen LogP contribution >= 0.6 is 12.2 Å². The summed E-state index contributed by atoms with van der Waals surface area (Å²) in [6, 6.07) is 13.1. The van der Waals surface area contributed by atoms with Crippen LogP contribution in [-0.4, -0.2) is 22.3 Å². The van der Waals surface area contributed by atoms with Crippen LogP contribution in [0.1, 0.15) is 5.56 Å². The third kappa shape index (κ3) is 3.07. The number of aromatic hydroxyl groups is 1. The molecular weight excluding hydrogens is 324 g/mol. The van der Waals surface area contributed by atoms with Crippen molar-refractivity contribution in [3.8, 4) is 11.6 Å². The maximum absolute atomic E-state index is 10.1. The Kier molecular flexibility index (Phi) is 4.43. The second-order valence-corrected chi connectivity index (χ2v) is 5.54. The van der Waals surface area contributed by atoms with Crippen LogP contribution in [0.15, 0.2) is 52.7 Å². The van der Waals surface area contributed by atoms with Gasteiger partial charge in [0, 0.05) is 5.39 Å². The first-order valence-corrected chi connectivity index (χ1v) is 7.67. The number of aromatic nitrogens is 1. The minimum atomic E-state index is -0.0388. The first-order valence-electron chi connectivity index (χ1n) is 7.26. The second kappa shape index (κ2) is 6.67. The Morgan fingerprint density at radius 3 is 2.79 bits per heavy atom. The van der Waals surface area contributed by atoms with Crippen LogP contribution in [0.4, 0.5) is 11.4 Å². The molecule has 0 aliphatic rings. The van der Waals surface area contributed by atoms with Gasteiger partial charge in [0.25, 0.3) is 0 Å². The number of thiocarbonyl (C=S) groups is 1. The molecule has 0 amide bonds. The molecule has 1 heterocycles. The van der Waals surface area contributed by atoms with Gasteiger partial charge >= 0.3 is 0 Å². The average molecular weight is 340 g/mol. The van der Waals surface area contributed by atoms with Gasteiger partial charge in [-0.2, -0.15) is 0 Å². The van der Waals surface area contributed by atoms with Crippen LogP contribution in [0, 0.1) is 6.92 Å². The van der Waals surface area contributed by atoms with Gasteiger partial charge in [-0.1, -0.05) is 30.3 Å². The molecular formula is C17H16N4O2S. The molecule has 0 radical (unpaired) electrons. The van der Waals surface area contributed by atoms with E-state index in [-0.39, 0.29) is 11.0 Å². The van der Waals surface area contributed by atoms with Crippen molar-refractivity contribution in [1.82, 2.24) is 4.98 Å². The van der Waals surface area contributed by atoms with Crippen molar-refractivity contribution in [1.29, 1.82) is 0 Å². The third-order valence-electron chi connectivity index (χ3n) is 3.59. The van der Waals surface area contributed by atoms with Crippen molar-refractivity contribution >= 4 is 39.6 Å². The quantitative estimate of drug-likeness (QED) is 0.478. The van der Waals surface area contributed by atoms with E-state index in [1.165, 1.54) is 0 Å². The van der Waals surface area contributed by atoms with E-state index in [0.29, 0.717) is 17.1 Å². The fraction of sp³-hybridized carbons (Fsp3) is 0.118. The molecule has 3 rings (SSSR count). The van der Waals surface area contributed by atoms with E-state index in [1.54, 1.807) is 7.11 Å². The molecule has 0 bridgehead atoms. The Morgan fingerprint density at radius 2 is 2.00 bits per heavy atom. The number of azo groups is 1. The maximum atomic E-state index is 10.1. The number of nitrogens with one attached hydrogen (secondary N) is 2. The predicted molar refractivity (Wildman–Crippen MR) is 98.4 cm³/mol. The molecule has 2 aromatic carbocycles. The van der Waals surface area contributed by atoms with E-state index < -0.39 is 0 Å². The number of nitrogens with zero attached hydrogens (tertiary/aromatic N) is 2. The highest BCUT2D eigenvalue weighted by atomic mass is 32.1. The van der Waals surface area contributed by atoms with E-state index in [0.717, 1.165) is 16.5 Å². The first kappa shape index (κ1) is 15.9. The van der Waals surface area contributed by atoms with Gasteiger partial charge in [0.1, 0.15) is 5.75 Å². The average Bonchev–Trinajstić information content (AvgIpc) is 2.90. The molecule has 7 heteroatoms. The normalized spacial score (nSPS) is 11.1. The molecule has 3 N–H and O–H groups in total. The molecule has 0 fully saturated rings. The van der Waals surface area contributed by atoms with Crippen molar-refractivity contribution in [2.24, 2.45) is 10.2 Å². The number of H-pyrrole nitrogens is 1. The summed E-state index contributed by atoms with van der Waals surface area (Å²) in [6.45, 7) is 1.95. The molecule has 122 valence electrons. The van der Waals surface area contributed by atoms with Crippen molar-refractivity contribution in [2.45, 2.75) is 6.92 Å². The van der Waals surface area contributed by atoms with Crippen LogP contribution in [0.2, 0.25) is 0 Å². The Hall–Kier alpha value is -2.93.